The molecule has 1 aliphatic heterocycles. The molecule has 0 radical (unpaired) electrons. The lowest BCUT2D eigenvalue weighted by molar-refractivity contribution is -0.385. The van der Waals surface area contributed by atoms with Gasteiger partial charge in [0.05, 0.1) is 9.83 Å². The Morgan fingerprint density at radius 3 is 2.59 bits per heavy atom. The fraction of sp³-hybridized carbons (Fsp3) is 0.238. The van der Waals surface area contributed by atoms with E-state index in [0.29, 0.717) is 26.8 Å². The molecule has 1 fully saturated rings. The molecule has 0 atom stereocenters. The molecule has 2 aromatic rings. The van der Waals surface area contributed by atoms with Crippen molar-refractivity contribution in [3.63, 3.8) is 0 Å². The molecule has 0 aromatic heterocycles. The zero-order chi connectivity index (χ0) is 21.3. The summed E-state index contributed by atoms with van der Waals surface area (Å²) in [6.07, 6.45) is 2.44. The number of rotatable bonds is 5. The first kappa shape index (κ1) is 21.0. The maximum Gasteiger partial charge on any atom is 0.311 e. The van der Waals surface area contributed by atoms with E-state index in [1.54, 1.807) is 12.1 Å². The van der Waals surface area contributed by atoms with Crippen LogP contribution in [-0.4, -0.2) is 20.3 Å². The quantitative estimate of drug-likeness (QED) is 0.296. The van der Waals surface area contributed by atoms with Gasteiger partial charge in [0.25, 0.3) is 5.91 Å². The van der Waals surface area contributed by atoms with E-state index in [-0.39, 0.29) is 17.3 Å². The Morgan fingerprint density at radius 2 is 2.00 bits per heavy atom. The number of hydrogen-bond acceptors (Lipinski definition) is 6. The number of nitrogens with zero attached hydrogens (tertiary/aromatic N) is 1. The highest BCUT2D eigenvalue weighted by Gasteiger charge is 2.29. The molecule has 1 aliphatic rings. The zero-order valence-corrected chi connectivity index (χ0v) is 17.8. The van der Waals surface area contributed by atoms with E-state index < -0.39 is 10.3 Å². The molecule has 0 unspecified atom stereocenters. The topological polar surface area (TPSA) is 92.5 Å². The molecule has 2 aromatic carbocycles. The number of hydrogen-bond donors (Lipinski definition) is 2. The number of phenols is 1. The fourth-order valence-corrected chi connectivity index (χ4v) is 4.06. The number of amides is 1. The Kier molecular flexibility index (Phi) is 5.77. The molecule has 0 saturated carbocycles. The predicted molar refractivity (Wildman–Crippen MR) is 120 cm³/mol. The maximum absolute atomic E-state index is 11.9. The van der Waals surface area contributed by atoms with Crippen molar-refractivity contribution in [3.05, 3.63) is 62.5 Å². The lowest BCUT2D eigenvalue weighted by Gasteiger charge is -2.25. The van der Waals surface area contributed by atoms with Gasteiger partial charge in [-0.05, 0) is 46.7 Å². The van der Waals surface area contributed by atoms with Gasteiger partial charge in [0, 0.05) is 11.6 Å². The third-order valence-electron chi connectivity index (χ3n) is 5.06. The second-order valence-corrected chi connectivity index (χ2v) is 9.08. The normalized spacial score (nSPS) is 15.6. The van der Waals surface area contributed by atoms with Crippen LogP contribution in [-0.2, 0) is 10.2 Å². The number of thiocarbonyl (C=S) groups is 1. The van der Waals surface area contributed by atoms with Gasteiger partial charge >= 0.3 is 5.69 Å². The van der Waals surface area contributed by atoms with Crippen molar-refractivity contribution < 1.29 is 14.8 Å². The van der Waals surface area contributed by atoms with Crippen molar-refractivity contribution in [1.82, 2.24) is 5.32 Å². The molecule has 8 heteroatoms. The van der Waals surface area contributed by atoms with Crippen molar-refractivity contribution in [1.29, 1.82) is 0 Å². The van der Waals surface area contributed by atoms with Crippen LogP contribution < -0.4 is 5.32 Å². The highest BCUT2D eigenvalue weighted by Crippen LogP contribution is 2.42. The third kappa shape index (κ3) is 4.33. The molecular weight excluding hydrogens is 408 g/mol. The smallest absolute Gasteiger partial charge is 0.311 e. The summed E-state index contributed by atoms with van der Waals surface area (Å²) in [6.45, 7) is 5.85. The van der Waals surface area contributed by atoms with Gasteiger partial charge < -0.3 is 10.4 Å². The van der Waals surface area contributed by atoms with Gasteiger partial charge in [-0.1, -0.05) is 63.0 Å². The van der Waals surface area contributed by atoms with Gasteiger partial charge in [-0.3, -0.25) is 14.9 Å². The Bertz CT molecular complexity index is 1060. The minimum atomic E-state index is -0.569. The first-order valence-electron chi connectivity index (χ1n) is 8.99. The molecule has 29 heavy (non-hydrogen) atoms. The van der Waals surface area contributed by atoms with Gasteiger partial charge in [0.1, 0.15) is 4.32 Å². The van der Waals surface area contributed by atoms with E-state index >= 15 is 0 Å². The minimum Gasteiger partial charge on any atom is -0.502 e. The average molecular weight is 429 g/mol. The molecule has 1 heterocycles. The molecule has 6 nitrogen and oxygen atoms in total. The number of nitro groups is 1. The van der Waals surface area contributed by atoms with Gasteiger partial charge in [0.2, 0.25) is 0 Å². The number of thioether (sulfide) groups is 1. The van der Waals surface area contributed by atoms with Crippen LogP contribution in [0.4, 0.5) is 5.69 Å². The molecule has 0 spiro atoms. The molecule has 150 valence electrons. The van der Waals surface area contributed by atoms with Crippen LogP contribution in [0.3, 0.4) is 0 Å². The summed E-state index contributed by atoms with van der Waals surface area (Å²) < 4.78 is 0.415. The third-order valence-corrected chi connectivity index (χ3v) is 6.22. The second-order valence-electron chi connectivity index (χ2n) is 7.36. The number of carbonyl (C=O) groups is 1. The summed E-state index contributed by atoms with van der Waals surface area (Å²) in [5, 5.41) is 24.6. The number of carbonyl (C=O) groups excluding carboxylic acids is 1. The zero-order valence-electron chi connectivity index (χ0n) is 16.2. The van der Waals surface area contributed by atoms with Crippen LogP contribution >= 0.6 is 24.0 Å². The Labute approximate surface area is 178 Å². The molecule has 0 aliphatic carbocycles. The van der Waals surface area contributed by atoms with Crippen LogP contribution in [0.15, 0.2) is 41.3 Å². The molecule has 1 saturated heterocycles. The highest BCUT2D eigenvalue weighted by atomic mass is 32.2. The van der Waals surface area contributed by atoms with E-state index in [4.69, 9.17) is 12.2 Å². The van der Waals surface area contributed by atoms with E-state index in [1.807, 2.05) is 45.0 Å². The standard InChI is InChI=1S/C21H20N2O4S2/c1-4-21(2,3)15-10-14(11-16(18(15)24)23(26)27)13-7-5-6-12(8-13)9-17-19(25)22-20(28)29-17/h5-11,24H,4H2,1-3H3,(H,22,25,28)/b17-9+. The van der Waals surface area contributed by atoms with E-state index in [1.165, 1.54) is 17.8 Å². The summed E-state index contributed by atoms with van der Waals surface area (Å²) >= 11 is 6.20. The summed E-state index contributed by atoms with van der Waals surface area (Å²) in [5.41, 5.74) is 1.94. The van der Waals surface area contributed by atoms with E-state index in [2.05, 4.69) is 5.32 Å². The molecule has 0 bridgehead atoms. The number of nitro benzene ring substituents is 1. The Hall–Kier alpha value is -2.71. The SMILES string of the molecule is CCC(C)(C)c1cc(-c2cccc(/C=C3/SC(=S)NC3=O)c2)cc([N+](=O)[O-])c1O. The van der Waals surface area contributed by atoms with E-state index in [9.17, 15) is 20.0 Å². The Morgan fingerprint density at radius 1 is 1.28 bits per heavy atom. The first-order chi connectivity index (χ1) is 13.6. The fourth-order valence-electron chi connectivity index (χ4n) is 3.01. The van der Waals surface area contributed by atoms with Crippen molar-refractivity contribution in [2.75, 3.05) is 0 Å². The molecule has 2 N–H and O–H groups in total. The number of aromatic hydroxyl groups is 1. The number of nitrogens with one attached hydrogen (secondary N) is 1. The van der Waals surface area contributed by atoms with E-state index in [0.717, 1.165) is 11.1 Å². The first-order valence-corrected chi connectivity index (χ1v) is 10.2. The summed E-state index contributed by atoms with van der Waals surface area (Å²) in [4.78, 5) is 23.3. The molecule has 1 amide bonds. The van der Waals surface area contributed by atoms with Gasteiger partial charge in [-0.15, -0.1) is 0 Å². The maximum atomic E-state index is 11.9. The van der Waals surface area contributed by atoms with Crippen molar-refractivity contribution in [3.8, 4) is 16.9 Å². The molecule has 3 rings (SSSR count). The molecular formula is C21H20N2O4S2. The Balaban J connectivity index is 2.12. The monoisotopic (exact) mass is 428 g/mol. The van der Waals surface area contributed by atoms with Crippen molar-refractivity contribution in [2.45, 2.75) is 32.6 Å². The van der Waals surface area contributed by atoms with Crippen LogP contribution in [0.2, 0.25) is 0 Å². The van der Waals surface area contributed by atoms with Crippen LogP contribution in [0.5, 0.6) is 5.75 Å². The van der Waals surface area contributed by atoms with Gasteiger partial charge in [-0.25, -0.2) is 0 Å². The van der Waals surface area contributed by atoms with Gasteiger partial charge in [-0.2, -0.15) is 0 Å². The summed E-state index contributed by atoms with van der Waals surface area (Å²) in [7, 11) is 0. The minimum absolute atomic E-state index is 0.238. The number of benzene rings is 2. The van der Waals surface area contributed by atoms with Crippen molar-refractivity contribution in [2.24, 2.45) is 0 Å². The van der Waals surface area contributed by atoms with Crippen LogP contribution in [0.25, 0.3) is 17.2 Å². The number of phenolic OH excluding ortho intramolecular Hbond substituents is 1. The van der Waals surface area contributed by atoms with Crippen molar-refractivity contribution >= 4 is 46.0 Å². The van der Waals surface area contributed by atoms with Crippen LogP contribution in [0, 0.1) is 10.1 Å². The van der Waals surface area contributed by atoms with Gasteiger partial charge in [0.15, 0.2) is 5.75 Å². The summed E-state index contributed by atoms with van der Waals surface area (Å²) in [6, 6.07) is 10.5. The second kappa shape index (κ2) is 7.96. The summed E-state index contributed by atoms with van der Waals surface area (Å²) in [5.74, 6) is -0.533. The van der Waals surface area contributed by atoms with Crippen LogP contribution in [0.1, 0.15) is 38.3 Å². The largest absolute Gasteiger partial charge is 0.502 e. The lowest BCUT2D eigenvalue weighted by Crippen LogP contribution is -2.17. The predicted octanol–water partition coefficient (Wildman–Crippen LogP) is 5.14. The highest BCUT2D eigenvalue weighted by molar-refractivity contribution is 8.26. The lowest BCUT2D eigenvalue weighted by atomic mass is 9.80. The average Bonchev–Trinajstić information content (AvgIpc) is 2.98.